The van der Waals surface area contributed by atoms with Gasteiger partial charge in [0, 0.05) is 18.8 Å². The maximum atomic E-state index is 12.4. The average Bonchev–Trinajstić information content (AvgIpc) is 3.27. The third kappa shape index (κ3) is 3.80. The summed E-state index contributed by atoms with van der Waals surface area (Å²) in [4.78, 5) is 12.1. The Morgan fingerprint density at radius 1 is 1.00 bits per heavy atom. The molecule has 9 nitrogen and oxygen atoms in total. The second-order valence-electron chi connectivity index (χ2n) is 5.75. The van der Waals surface area contributed by atoms with Crippen LogP contribution in [0.1, 0.15) is 23.4 Å². The second kappa shape index (κ2) is 6.83. The van der Waals surface area contributed by atoms with Gasteiger partial charge in [0.15, 0.2) is 5.76 Å². The number of nitrogens with one attached hydrogen (secondary N) is 1. The number of anilines is 1. The summed E-state index contributed by atoms with van der Waals surface area (Å²) in [6, 6.07) is 7.74. The first-order valence-corrected chi connectivity index (χ1v) is 10.7. The lowest BCUT2D eigenvalue weighted by molar-refractivity contribution is 0.0991. The zero-order valence-corrected chi connectivity index (χ0v) is 15.2. The molecule has 0 aliphatic carbocycles. The Kier molecular flexibility index (Phi) is 4.88. The summed E-state index contributed by atoms with van der Waals surface area (Å²) < 4.78 is 53.7. The van der Waals surface area contributed by atoms with Crippen LogP contribution in [0.2, 0.25) is 0 Å². The van der Waals surface area contributed by atoms with Crippen LogP contribution >= 0.6 is 0 Å². The molecule has 1 aliphatic heterocycles. The van der Waals surface area contributed by atoms with Gasteiger partial charge >= 0.3 is 0 Å². The Bertz CT molecular complexity index is 1020. The van der Waals surface area contributed by atoms with Gasteiger partial charge in [0.25, 0.3) is 15.9 Å². The Morgan fingerprint density at radius 3 is 2.19 bits per heavy atom. The number of hydrogen-bond acceptors (Lipinski definition) is 6. The molecular formula is C15H17N3O6S2. The van der Waals surface area contributed by atoms with E-state index in [1.165, 1.54) is 40.7 Å². The lowest BCUT2D eigenvalue weighted by Crippen LogP contribution is -2.27. The van der Waals surface area contributed by atoms with Crippen LogP contribution in [-0.4, -0.2) is 40.1 Å². The van der Waals surface area contributed by atoms with Crippen LogP contribution in [0.5, 0.6) is 0 Å². The summed E-state index contributed by atoms with van der Waals surface area (Å²) in [5.41, 5.74) is 0.308. The van der Waals surface area contributed by atoms with Gasteiger partial charge in [-0.15, -0.1) is 0 Å². The first kappa shape index (κ1) is 18.6. The molecule has 1 aromatic heterocycles. The van der Waals surface area contributed by atoms with Crippen molar-refractivity contribution in [1.82, 2.24) is 4.31 Å². The average molecular weight is 399 g/mol. The predicted molar refractivity (Wildman–Crippen MR) is 92.5 cm³/mol. The molecule has 1 aliphatic rings. The van der Waals surface area contributed by atoms with Gasteiger partial charge in [-0.2, -0.15) is 4.31 Å². The van der Waals surface area contributed by atoms with Crippen molar-refractivity contribution in [3.8, 4) is 0 Å². The van der Waals surface area contributed by atoms with E-state index in [0.29, 0.717) is 18.8 Å². The summed E-state index contributed by atoms with van der Waals surface area (Å²) in [6.45, 7) is 0.863. The van der Waals surface area contributed by atoms with Gasteiger partial charge in [0.1, 0.15) is 0 Å². The molecule has 0 bridgehead atoms. The minimum absolute atomic E-state index is 0.0903. The molecule has 2 heterocycles. The molecule has 3 rings (SSSR count). The fourth-order valence-corrected chi connectivity index (χ4v) is 4.50. The summed E-state index contributed by atoms with van der Waals surface area (Å²) in [6.07, 6.45) is 1.59. The number of hydrogen-bond donors (Lipinski definition) is 2. The van der Waals surface area contributed by atoms with Crippen LogP contribution in [0.4, 0.5) is 5.69 Å². The van der Waals surface area contributed by atoms with Gasteiger partial charge in [-0.05, 0) is 49.2 Å². The van der Waals surface area contributed by atoms with Crippen molar-refractivity contribution in [3.05, 3.63) is 42.2 Å². The number of rotatable bonds is 5. The lowest BCUT2D eigenvalue weighted by atomic mass is 10.3. The Labute approximate surface area is 150 Å². The van der Waals surface area contributed by atoms with Gasteiger partial charge in [0.05, 0.1) is 4.90 Å². The number of carbonyl (C=O) groups excluding carboxylic acids is 1. The van der Waals surface area contributed by atoms with Crippen molar-refractivity contribution in [2.75, 3.05) is 18.4 Å². The maximum Gasteiger partial charge on any atom is 0.291 e. The molecule has 0 saturated carbocycles. The van der Waals surface area contributed by atoms with Crippen LogP contribution in [-0.2, 0) is 20.0 Å². The Morgan fingerprint density at radius 2 is 1.62 bits per heavy atom. The first-order chi connectivity index (χ1) is 12.2. The van der Waals surface area contributed by atoms with Gasteiger partial charge < -0.3 is 9.73 Å². The number of carbonyl (C=O) groups is 1. The zero-order valence-electron chi connectivity index (χ0n) is 13.6. The number of benzene rings is 1. The van der Waals surface area contributed by atoms with E-state index in [1.54, 1.807) is 0 Å². The van der Waals surface area contributed by atoms with Gasteiger partial charge in [0.2, 0.25) is 15.1 Å². The molecule has 2 aromatic rings. The first-order valence-electron chi connectivity index (χ1n) is 7.72. The van der Waals surface area contributed by atoms with Crippen molar-refractivity contribution in [2.24, 2.45) is 5.14 Å². The molecule has 0 unspecified atom stereocenters. The van der Waals surface area contributed by atoms with Gasteiger partial charge in [-0.25, -0.2) is 22.0 Å². The third-order valence-corrected chi connectivity index (χ3v) is 6.61. The largest absolute Gasteiger partial charge is 0.438 e. The maximum absolute atomic E-state index is 12.4. The number of primary sulfonamides is 1. The second-order valence-corrected chi connectivity index (χ2v) is 9.18. The molecule has 0 spiro atoms. The van der Waals surface area contributed by atoms with Crippen molar-refractivity contribution in [1.29, 1.82) is 0 Å². The van der Waals surface area contributed by atoms with Gasteiger partial charge in [-0.3, -0.25) is 4.79 Å². The molecule has 0 radical (unpaired) electrons. The van der Waals surface area contributed by atoms with E-state index in [1.807, 2.05) is 0 Å². The standard InChI is InChI=1S/C15H17N3O6S2/c16-25(20,21)12-5-3-11(4-6-12)17-15(19)13-7-8-14(24-13)26(22,23)18-9-1-2-10-18/h3-8H,1-2,9-10H2,(H,17,19)(H2,16,20,21). The molecule has 1 fully saturated rings. The minimum Gasteiger partial charge on any atom is -0.438 e. The van der Waals surface area contributed by atoms with Gasteiger partial charge in [-0.1, -0.05) is 0 Å². The summed E-state index contributed by atoms with van der Waals surface area (Å²) >= 11 is 0. The molecule has 26 heavy (non-hydrogen) atoms. The summed E-state index contributed by atoms with van der Waals surface area (Å²) in [5.74, 6) is -0.825. The quantitative estimate of drug-likeness (QED) is 0.767. The highest BCUT2D eigenvalue weighted by molar-refractivity contribution is 7.89. The molecule has 0 atom stereocenters. The van der Waals surface area contributed by atoms with E-state index < -0.39 is 26.0 Å². The van der Waals surface area contributed by atoms with Crippen LogP contribution in [0.3, 0.4) is 0 Å². The molecular weight excluding hydrogens is 382 g/mol. The monoisotopic (exact) mass is 399 g/mol. The smallest absolute Gasteiger partial charge is 0.291 e. The molecule has 1 amide bonds. The molecule has 140 valence electrons. The fourth-order valence-electron chi connectivity index (χ4n) is 2.56. The van der Waals surface area contributed by atoms with E-state index >= 15 is 0 Å². The molecule has 11 heteroatoms. The molecule has 1 aromatic carbocycles. The van der Waals surface area contributed by atoms with Crippen molar-refractivity contribution in [2.45, 2.75) is 22.8 Å². The Balaban J connectivity index is 1.74. The lowest BCUT2D eigenvalue weighted by Gasteiger charge is -2.12. The van der Waals surface area contributed by atoms with E-state index in [2.05, 4.69) is 5.32 Å². The number of nitrogens with two attached hydrogens (primary N) is 1. The van der Waals surface area contributed by atoms with Crippen molar-refractivity contribution >= 4 is 31.6 Å². The number of amides is 1. The summed E-state index contributed by atoms with van der Waals surface area (Å²) in [5, 5.41) is 7.21. The van der Waals surface area contributed by atoms with Crippen molar-refractivity contribution in [3.63, 3.8) is 0 Å². The van der Waals surface area contributed by atoms with Crippen LogP contribution in [0.15, 0.2) is 50.8 Å². The van der Waals surface area contributed by atoms with E-state index in [0.717, 1.165) is 12.8 Å². The zero-order chi connectivity index (χ0) is 18.9. The highest BCUT2D eigenvalue weighted by Crippen LogP contribution is 2.23. The van der Waals surface area contributed by atoms with E-state index in [9.17, 15) is 21.6 Å². The predicted octanol–water partition coefficient (Wildman–Crippen LogP) is 0.964. The SMILES string of the molecule is NS(=O)(=O)c1ccc(NC(=O)c2ccc(S(=O)(=O)N3CCCC3)o2)cc1. The Hall–Kier alpha value is -2.21. The fraction of sp³-hybridized carbons (Fsp3) is 0.267. The normalized spacial score (nSPS) is 15.9. The van der Waals surface area contributed by atoms with Crippen LogP contribution in [0.25, 0.3) is 0 Å². The topological polar surface area (TPSA) is 140 Å². The third-order valence-electron chi connectivity index (χ3n) is 3.91. The molecule has 1 saturated heterocycles. The van der Waals surface area contributed by atoms with Crippen molar-refractivity contribution < 1.29 is 26.0 Å². The molecule has 3 N–H and O–H groups in total. The summed E-state index contributed by atoms with van der Waals surface area (Å²) in [7, 11) is -7.56. The van der Waals surface area contributed by atoms with Crippen LogP contribution < -0.4 is 10.5 Å². The van der Waals surface area contributed by atoms with E-state index in [-0.39, 0.29) is 15.7 Å². The highest BCUT2D eigenvalue weighted by Gasteiger charge is 2.30. The number of sulfonamides is 2. The minimum atomic E-state index is -3.82. The van der Waals surface area contributed by atoms with E-state index in [4.69, 9.17) is 9.56 Å². The number of furan rings is 1. The highest BCUT2D eigenvalue weighted by atomic mass is 32.2. The number of nitrogens with zero attached hydrogens (tertiary/aromatic N) is 1. The van der Waals surface area contributed by atoms with Crippen LogP contribution in [0, 0.1) is 0 Å².